The molecule has 1 nitrogen and oxygen atoms in total. The Hall–Kier alpha value is -7.22. The van der Waals surface area contributed by atoms with E-state index in [9.17, 15) is 0 Å². The van der Waals surface area contributed by atoms with E-state index in [-0.39, 0.29) is 5.41 Å². The van der Waals surface area contributed by atoms with Gasteiger partial charge in [-0.05, 0) is 114 Å². The number of hydrogen-bond donors (Lipinski definition) is 0. The Bertz CT molecular complexity index is 2890. The minimum atomic E-state index is -0.133. The molecule has 1 heteroatoms. The van der Waals surface area contributed by atoms with Gasteiger partial charge in [0.05, 0.1) is 0 Å². The second-order valence-corrected chi connectivity index (χ2v) is 16.1. The molecule has 0 bridgehead atoms. The molecule has 0 spiro atoms. The third kappa shape index (κ3) is 6.75. The Labute approximate surface area is 348 Å². The molecule has 8 aromatic carbocycles. The average Bonchev–Trinajstić information content (AvgIpc) is 3.40. The van der Waals surface area contributed by atoms with Crippen molar-refractivity contribution < 1.29 is 0 Å². The van der Waals surface area contributed by atoms with Gasteiger partial charge in [0, 0.05) is 28.9 Å². The molecule has 0 aliphatic heterocycles. The van der Waals surface area contributed by atoms with Gasteiger partial charge in [0.2, 0.25) is 0 Å². The van der Waals surface area contributed by atoms with Crippen molar-refractivity contribution in [3.05, 3.63) is 247 Å². The van der Waals surface area contributed by atoms with Crippen molar-refractivity contribution >= 4 is 16.9 Å². The van der Waals surface area contributed by atoms with Gasteiger partial charge >= 0.3 is 0 Å². The zero-order valence-corrected chi connectivity index (χ0v) is 33.5. The van der Waals surface area contributed by atoms with Crippen molar-refractivity contribution in [1.82, 2.24) is 0 Å². The second-order valence-electron chi connectivity index (χ2n) is 16.1. The molecule has 0 saturated carbocycles. The van der Waals surface area contributed by atoms with E-state index >= 15 is 0 Å². The highest BCUT2D eigenvalue weighted by molar-refractivity contribution is 5.94. The number of hydrogen-bond acceptors (Lipinski definition) is 1. The molecule has 0 N–H and O–H groups in total. The molecule has 0 amide bonds. The lowest BCUT2D eigenvalue weighted by atomic mass is 9.77. The zero-order valence-electron chi connectivity index (χ0n) is 33.5. The first kappa shape index (κ1) is 36.1. The predicted octanol–water partition coefficient (Wildman–Crippen LogP) is 15.7. The summed E-state index contributed by atoms with van der Waals surface area (Å²) < 4.78 is 0. The average molecular weight is 756 g/mol. The Morgan fingerprint density at radius 1 is 0.390 bits per heavy atom. The van der Waals surface area contributed by atoms with Gasteiger partial charge in [-0.1, -0.05) is 202 Å². The van der Waals surface area contributed by atoms with Crippen LogP contribution in [0.3, 0.4) is 0 Å². The summed E-state index contributed by atoms with van der Waals surface area (Å²) in [5.74, 6) is 0. The minimum Gasteiger partial charge on any atom is -0.314 e. The third-order valence-corrected chi connectivity index (χ3v) is 12.1. The largest absolute Gasteiger partial charge is 0.314 e. The highest BCUT2D eigenvalue weighted by Gasteiger charge is 2.37. The van der Waals surface area contributed by atoms with Crippen molar-refractivity contribution in [2.45, 2.75) is 25.7 Å². The molecule has 0 atom stereocenters. The normalized spacial score (nSPS) is 13.8. The molecule has 282 valence electrons. The van der Waals surface area contributed by atoms with Crippen LogP contribution in [0.5, 0.6) is 0 Å². The van der Waals surface area contributed by atoms with Gasteiger partial charge in [-0.2, -0.15) is 0 Å². The predicted molar refractivity (Wildman–Crippen MR) is 251 cm³/mol. The first-order valence-corrected chi connectivity index (χ1v) is 20.6. The van der Waals surface area contributed by atoms with Gasteiger partial charge in [-0.15, -0.1) is 0 Å². The van der Waals surface area contributed by atoms with E-state index in [1.165, 1.54) is 83.6 Å². The van der Waals surface area contributed by atoms with Crippen LogP contribution in [0.2, 0.25) is 0 Å². The van der Waals surface area contributed by atoms with E-state index in [1.54, 1.807) is 0 Å². The van der Waals surface area contributed by atoms with Gasteiger partial charge in [0.15, 0.2) is 0 Å². The quantitative estimate of drug-likeness (QED) is 0.149. The monoisotopic (exact) mass is 755 g/mol. The van der Waals surface area contributed by atoms with Gasteiger partial charge in [0.1, 0.15) is 0 Å². The lowest BCUT2D eigenvalue weighted by Crippen LogP contribution is -2.16. The molecule has 2 aliphatic carbocycles. The molecular formula is C58H45N. The summed E-state index contributed by atoms with van der Waals surface area (Å²) >= 11 is 0. The van der Waals surface area contributed by atoms with Crippen LogP contribution in [-0.4, -0.2) is 0 Å². The van der Waals surface area contributed by atoms with E-state index in [0.717, 1.165) is 17.8 Å². The van der Waals surface area contributed by atoms with E-state index < -0.39 is 0 Å². The summed E-state index contributed by atoms with van der Waals surface area (Å²) in [6.07, 6.45) is 10.0. The highest BCUT2D eigenvalue weighted by atomic mass is 15.1. The number of allylic oxidation sites excluding steroid dienone is 5. The molecule has 59 heavy (non-hydrogen) atoms. The molecular weight excluding hydrogens is 711 g/mol. The van der Waals surface area contributed by atoms with E-state index in [1.807, 2.05) is 0 Å². The van der Waals surface area contributed by atoms with Gasteiger partial charge in [-0.25, -0.2) is 0 Å². The molecule has 0 heterocycles. The Morgan fingerprint density at radius 3 is 1.68 bits per heavy atom. The third-order valence-electron chi connectivity index (χ3n) is 12.1. The van der Waals surface area contributed by atoms with Gasteiger partial charge < -0.3 is 4.90 Å². The molecule has 0 saturated heterocycles. The van der Waals surface area contributed by atoms with Gasteiger partial charge in [0.25, 0.3) is 0 Å². The van der Waals surface area contributed by atoms with Crippen LogP contribution in [0, 0.1) is 0 Å². The van der Waals surface area contributed by atoms with Crippen LogP contribution in [0.25, 0.3) is 61.2 Å². The second kappa shape index (κ2) is 15.3. The molecule has 8 aromatic rings. The topological polar surface area (TPSA) is 3.24 Å². The molecule has 0 unspecified atom stereocenters. The fourth-order valence-electron chi connectivity index (χ4n) is 9.23. The fraction of sp³-hybridized carbons (Fsp3) is 0.0690. The fourth-order valence-corrected chi connectivity index (χ4v) is 9.23. The molecule has 0 aromatic heterocycles. The Balaban J connectivity index is 1.09. The van der Waals surface area contributed by atoms with E-state index in [4.69, 9.17) is 0 Å². The van der Waals surface area contributed by atoms with Crippen molar-refractivity contribution in [3.63, 3.8) is 0 Å². The van der Waals surface area contributed by atoms with Gasteiger partial charge in [-0.3, -0.25) is 0 Å². The maximum absolute atomic E-state index is 2.43. The first-order chi connectivity index (χ1) is 29.0. The number of nitrogens with zero attached hydrogens (tertiary/aromatic N) is 1. The number of anilines is 2. The van der Waals surface area contributed by atoms with Crippen molar-refractivity contribution in [3.8, 4) is 55.6 Å². The SMILES string of the molecule is CC1(C)c2ccccc2-c2cccc(-c3cc(C4=CC=C(N(c5ccc(-c6ccccc6)cc5)c5cccc(-c6ccccc6)c5)CC=C4)ccc3-c3ccccc3)c21. The summed E-state index contributed by atoms with van der Waals surface area (Å²) in [6.45, 7) is 4.76. The van der Waals surface area contributed by atoms with Crippen LogP contribution in [-0.2, 0) is 5.41 Å². The van der Waals surface area contributed by atoms with Crippen molar-refractivity contribution in [2.75, 3.05) is 4.90 Å². The van der Waals surface area contributed by atoms with Crippen LogP contribution in [0.4, 0.5) is 11.4 Å². The van der Waals surface area contributed by atoms with Crippen molar-refractivity contribution in [1.29, 1.82) is 0 Å². The molecule has 0 fully saturated rings. The molecule has 0 radical (unpaired) electrons. The van der Waals surface area contributed by atoms with Crippen LogP contribution in [0.1, 0.15) is 37.0 Å². The first-order valence-electron chi connectivity index (χ1n) is 20.6. The van der Waals surface area contributed by atoms with Crippen LogP contribution < -0.4 is 4.90 Å². The summed E-state index contributed by atoms with van der Waals surface area (Å²) in [5.41, 5.74) is 21.0. The Morgan fingerprint density at radius 2 is 0.949 bits per heavy atom. The lowest BCUT2D eigenvalue weighted by molar-refractivity contribution is 0.662. The molecule has 2 aliphatic rings. The van der Waals surface area contributed by atoms with E-state index in [0.29, 0.717) is 0 Å². The zero-order chi connectivity index (χ0) is 39.8. The highest BCUT2D eigenvalue weighted by Crippen LogP contribution is 2.53. The smallest absolute Gasteiger partial charge is 0.0464 e. The summed E-state index contributed by atoms with van der Waals surface area (Å²) in [5, 5.41) is 0. The summed E-state index contributed by atoms with van der Waals surface area (Å²) in [6, 6.07) is 72.9. The standard InChI is InChI=1S/C58H45N/c1-58(2)56-30-13-12-27-52(56)53-28-16-29-54(57(53)58)55-40-47(34-38-51(55)45-21-10-5-11-22-45)43-23-14-25-48(35-31-43)59(49-36-32-44(33-37-49)41-17-6-3-7-18-41)50-26-15-24-46(39-50)42-19-8-4-9-20-42/h3-24,26-40H,25H2,1-2H3. The number of rotatable bonds is 8. The maximum Gasteiger partial charge on any atom is 0.0464 e. The maximum atomic E-state index is 2.43. The van der Waals surface area contributed by atoms with Crippen LogP contribution >= 0.6 is 0 Å². The van der Waals surface area contributed by atoms with E-state index in [2.05, 4.69) is 243 Å². The van der Waals surface area contributed by atoms with Crippen molar-refractivity contribution in [2.24, 2.45) is 0 Å². The Kier molecular flexibility index (Phi) is 9.35. The summed E-state index contributed by atoms with van der Waals surface area (Å²) in [7, 11) is 0. The lowest BCUT2D eigenvalue weighted by Gasteiger charge is -2.28. The minimum absolute atomic E-state index is 0.133. The van der Waals surface area contributed by atoms with Crippen LogP contribution in [0.15, 0.2) is 230 Å². The number of fused-ring (bicyclic) bond motifs is 3. The number of benzene rings is 8. The molecule has 10 rings (SSSR count). The summed E-state index contributed by atoms with van der Waals surface area (Å²) in [4.78, 5) is 2.42.